The van der Waals surface area contributed by atoms with Gasteiger partial charge in [0.15, 0.2) is 0 Å². The van der Waals surface area contributed by atoms with E-state index in [0.29, 0.717) is 12.2 Å². The van der Waals surface area contributed by atoms with Crippen molar-refractivity contribution in [3.63, 3.8) is 0 Å². The first-order valence-corrected chi connectivity index (χ1v) is 7.61. The number of anilines is 1. The second-order valence-corrected chi connectivity index (χ2v) is 6.27. The quantitative estimate of drug-likeness (QED) is 0.788. The summed E-state index contributed by atoms with van der Waals surface area (Å²) < 4.78 is 9.84. The molecule has 0 aromatic heterocycles. The van der Waals surface area contributed by atoms with Crippen LogP contribution in [0.2, 0.25) is 0 Å². The first kappa shape index (κ1) is 19.0. The lowest BCUT2D eigenvalue weighted by Gasteiger charge is -2.19. The predicted molar refractivity (Wildman–Crippen MR) is 89.5 cm³/mol. The van der Waals surface area contributed by atoms with E-state index in [1.807, 2.05) is 45.0 Å². The van der Waals surface area contributed by atoms with Gasteiger partial charge in [0.2, 0.25) is 0 Å². The molecule has 1 rings (SSSR count). The molecule has 0 heterocycles. The molecular formula is C17H26N2O4. The largest absolute Gasteiger partial charge is 0.468 e. The molecule has 6 nitrogen and oxygen atoms in total. The molecule has 0 aliphatic heterocycles. The van der Waals surface area contributed by atoms with Gasteiger partial charge in [-0.2, -0.15) is 0 Å². The highest BCUT2D eigenvalue weighted by molar-refractivity contribution is 5.84. The van der Waals surface area contributed by atoms with Gasteiger partial charge in [0.1, 0.15) is 11.6 Å². The van der Waals surface area contributed by atoms with E-state index in [0.717, 1.165) is 12.0 Å². The maximum absolute atomic E-state index is 11.7. The summed E-state index contributed by atoms with van der Waals surface area (Å²) in [4.78, 5) is 22.9. The summed E-state index contributed by atoms with van der Waals surface area (Å²) in [5.74, 6) is -0.276. The fourth-order valence-electron chi connectivity index (χ4n) is 1.87. The first-order chi connectivity index (χ1) is 10.7. The monoisotopic (exact) mass is 322 g/mol. The predicted octanol–water partition coefficient (Wildman–Crippen LogP) is 2.73. The summed E-state index contributed by atoms with van der Waals surface area (Å²) in [6, 6.07) is 7.17. The number of hydrogen-bond acceptors (Lipinski definition) is 5. The minimum Gasteiger partial charge on any atom is -0.468 e. The Kier molecular flexibility index (Phi) is 7.03. The normalized spacial score (nSPS) is 12.4. The van der Waals surface area contributed by atoms with Gasteiger partial charge in [0.05, 0.1) is 7.11 Å². The molecule has 1 aromatic carbocycles. The molecule has 128 valence electrons. The Labute approximate surface area is 137 Å². The molecule has 0 fully saturated rings. The van der Waals surface area contributed by atoms with Gasteiger partial charge in [0, 0.05) is 5.69 Å². The highest BCUT2D eigenvalue weighted by Crippen LogP contribution is 2.13. The van der Waals surface area contributed by atoms with Gasteiger partial charge in [0.25, 0.3) is 0 Å². The summed E-state index contributed by atoms with van der Waals surface area (Å²) >= 11 is 0. The van der Waals surface area contributed by atoms with Crippen LogP contribution in [0, 0.1) is 0 Å². The van der Waals surface area contributed by atoms with Crippen LogP contribution in [0.4, 0.5) is 10.5 Å². The highest BCUT2D eigenvalue weighted by atomic mass is 16.6. The van der Waals surface area contributed by atoms with Crippen LogP contribution in [0.3, 0.4) is 0 Å². The van der Waals surface area contributed by atoms with Gasteiger partial charge in [-0.15, -0.1) is 0 Å². The zero-order valence-electron chi connectivity index (χ0n) is 14.4. The number of benzene rings is 1. The number of carbonyl (C=O) groups is 2. The van der Waals surface area contributed by atoms with Crippen molar-refractivity contribution >= 4 is 17.7 Å². The van der Waals surface area contributed by atoms with Crippen molar-refractivity contribution in [2.45, 2.75) is 45.8 Å². The van der Waals surface area contributed by atoms with Gasteiger partial charge in [-0.1, -0.05) is 12.1 Å². The van der Waals surface area contributed by atoms with Crippen LogP contribution in [0.1, 0.15) is 33.3 Å². The molecule has 0 spiro atoms. The zero-order valence-corrected chi connectivity index (χ0v) is 14.4. The Balaban J connectivity index is 2.42. The minimum atomic E-state index is -0.522. The molecule has 0 saturated heterocycles. The van der Waals surface area contributed by atoms with Crippen molar-refractivity contribution in [2.75, 3.05) is 19.0 Å². The number of esters is 1. The van der Waals surface area contributed by atoms with Crippen molar-refractivity contribution < 1.29 is 19.1 Å². The maximum Gasteiger partial charge on any atom is 0.412 e. The van der Waals surface area contributed by atoms with Crippen LogP contribution in [0.5, 0.6) is 0 Å². The summed E-state index contributed by atoms with van der Waals surface area (Å²) in [5, 5.41) is 5.77. The molecule has 23 heavy (non-hydrogen) atoms. The molecular weight excluding hydrogens is 296 g/mol. The van der Waals surface area contributed by atoms with Crippen LogP contribution >= 0.6 is 0 Å². The van der Waals surface area contributed by atoms with Gasteiger partial charge >= 0.3 is 12.1 Å². The van der Waals surface area contributed by atoms with E-state index in [1.54, 1.807) is 6.92 Å². The van der Waals surface area contributed by atoms with E-state index >= 15 is 0 Å². The lowest BCUT2D eigenvalue weighted by molar-refractivity contribution is -0.142. The number of carbonyl (C=O) groups excluding carboxylic acids is 2. The van der Waals surface area contributed by atoms with Gasteiger partial charge in [-0.05, 0) is 58.4 Å². The van der Waals surface area contributed by atoms with Crippen LogP contribution in [0.15, 0.2) is 24.3 Å². The fraction of sp³-hybridized carbons (Fsp3) is 0.529. The number of rotatable bonds is 6. The SMILES string of the molecule is COC(=O)C(C)NCCc1ccc(NC(=O)OC(C)(C)C)cc1. The zero-order chi connectivity index (χ0) is 17.5. The smallest absolute Gasteiger partial charge is 0.412 e. The Hall–Kier alpha value is -2.08. The lowest BCUT2D eigenvalue weighted by atomic mass is 10.1. The Morgan fingerprint density at radius 1 is 1.17 bits per heavy atom. The van der Waals surface area contributed by atoms with E-state index in [-0.39, 0.29) is 12.0 Å². The number of amides is 1. The maximum atomic E-state index is 11.7. The summed E-state index contributed by atoms with van der Waals surface area (Å²) in [7, 11) is 1.37. The number of ether oxygens (including phenoxy) is 2. The van der Waals surface area contributed by atoms with E-state index in [2.05, 4.69) is 15.4 Å². The second-order valence-electron chi connectivity index (χ2n) is 6.27. The lowest BCUT2D eigenvalue weighted by Crippen LogP contribution is -2.36. The molecule has 6 heteroatoms. The van der Waals surface area contributed by atoms with Crippen molar-refractivity contribution in [3.8, 4) is 0 Å². The number of nitrogens with one attached hydrogen (secondary N) is 2. The van der Waals surface area contributed by atoms with Gasteiger partial charge < -0.3 is 14.8 Å². The third kappa shape index (κ3) is 7.65. The average molecular weight is 322 g/mol. The third-order valence-corrected chi connectivity index (χ3v) is 3.02. The van der Waals surface area contributed by atoms with E-state index in [4.69, 9.17) is 4.74 Å². The molecule has 1 atom stereocenters. The molecule has 1 amide bonds. The molecule has 0 aliphatic rings. The molecule has 2 N–H and O–H groups in total. The highest BCUT2D eigenvalue weighted by Gasteiger charge is 2.16. The van der Waals surface area contributed by atoms with Crippen LogP contribution in [-0.2, 0) is 20.7 Å². The van der Waals surface area contributed by atoms with Crippen LogP contribution < -0.4 is 10.6 Å². The standard InChI is InChI=1S/C17H26N2O4/c1-12(15(20)22-5)18-11-10-13-6-8-14(9-7-13)19-16(21)23-17(2,3)4/h6-9,12,18H,10-11H2,1-5H3,(H,19,21). The Morgan fingerprint density at radius 2 is 1.78 bits per heavy atom. The molecule has 0 aliphatic carbocycles. The van der Waals surface area contributed by atoms with E-state index in [9.17, 15) is 9.59 Å². The van der Waals surface area contributed by atoms with Gasteiger partial charge in [-0.3, -0.25) is 10.1 Å². The summed E-state index contributed by atoms with van der Waals surface area (Å²) in [5.41, 5.74) is 1.26. The number of methoxy groups -OCH3 is 1. The van der Waals surface area contributed by atoms with Crippen molar-refractivity contribution in [3.05, 3.63) is 29.8 Å². The van der Waals surface area contributed by atoms with E-state index < -0.39 is 11.7 Å². The minimum absolute atomic E-state index is 0.276. The van der Waals surface area contributed by atoms with Crippen LogP contribution in [0.25, 0.3) is 0 Å². The van der Waals surface area contributed by atoms with Crippen molar-refractivity contribution in [1.82, 2.24) is 5.32 Å². The fourth-order valence-corrected chi connectivity index (χ4v) is 1.87. The Bertz CT molecular complexity index is 520. The average Bonchev–Trinajstić information content (AvgIpc) is 2.46. The summed E-state index contributed by atoms with van der Waals surface area (Å²) in [6.07, 6.45) is 0.299. The van der Waals surface area contributed by atoms with E-state index in [1.165, 1.54) is 7.11 Å². The molecule has 0 bridgehead atoms. The Morgan fingerprint density at radius 3 is 2.30 bits per heavy atom. The summed E-state index contributed by atoms with van der Waals surface area (Å²) in [6.45, 7) is 7.88. The van der Waals surface area contributed by atoms with Crippen LogP contribution in [-0.4, -0.2) is 37.4 Å². The molecule has 0 radical (unpaired) electrons. The van der Waals surface area contributed by atoms with Crippen molar-refractivity contribution in [1.29, 1.82) is 0 Å². The molecule has 1 unspecified atom stereocenters. The molecule has 0 saturated carbocycles. The number of hydrogen-bond donors (Lipinski definition) is 2. The topological polar surface area (TPSA) is 76.7 Å². The third-order valence-electron chi connectivity index (χ3n) is 3.02. The second kappa shape index (κ2) is 8.53. The van der Waals surface area contributed by atoms with Crippen molar-refractivity contribution in [2.24, 2.45) is 0 Å². The molecule has 1 aromatic rings. The van der Waals surface area contributed by atoms with Gasteiger partial charge in [-0.25, -0.2) is 4.79 Å². The first-order valence-electron chi connectivity index (χ1n) is 7.61.